The zero-order chi connectivity index (χ0) is 19.3. The highest BCUT2D eigenvalue weighted by atomic mass is 16.2. The average Bonchev–Trinajstić information content (AvgIpc) is 2.57. The van der Waals surface area contributed by atoms with Gasteiger partial charge < -0.3 is 10.2 Å². The number of hydrogen-bond acceptors (Lipinski definition) is 2. The first-order valence-electron chi connectivity index (χ1n) is 9.04. The van der Waals surface area contributed by atoms with Crippen LogP contribution in [-0.4, -0.2) is 18.4 Å². The number of hydrogen-bond donors (Lipinski definition) is 1. The lowest BCUT2D eigenvalue weighted by Gasteiger charge is -2.25. The zero-order valence-corrected chi connectivity index (χ0v) is 16.3. The minimum atomic E-state index is -0.0874. The van der Waals surface area contributed by atoms with Gasteiger partial charge in [0, 0.05) is 31.3 Å². The Balaban J connectivity index is 2.11. The molecule has 2 aromatic carbocycles. The van der Waals surface area contributed by atoms with E-state index in [2.05, 4.69) is 19.2 Å². The number of rotatable bonds is 6. The second-order valence-electron chi connectivity index (χ2n) is 6.95. The van der Waals surface area contributed by atoms with Crippen LogP contribution in [-0.2, 0) is 9.59 Å². The quantitative estimate of drug-likeness (QED) is 0.811. The van der Waals surface area contributed by atoms with Crippen molar-refractivity contribution in [1.29, 1.82) is 0 Å². The molecule has 2 aromatic rings. The summed E-state index contributed by atoms with van der Waals surface area (Å²) in [6, 6.07) is 13.8. The van der Waals surface area contributed by atoms with Crippen LogP contribution in [0.2, 0.25) is 0 Å². The van der Waals surface area contributed by atoms with E-state index < -0.39 is 0 Å². The van der Waals surface area contributed by atoms with Crippen molar-refractivity contribution in [3.63, 3.8) is 0 Å². The predicted molar refractivity (Wildman–Crippen MR) is 108 cm³/mol. The Labute approximate surface area is 156 Å². The van der Waals surface area contributed by atoms with Crippen LogP contribution < -0.4 is 10.2 Å². The first kappa shape index (κ1) is 19.7. The molecule has 4 heteroatoms. The maximum Gasteiger partial charge on any atom is 0.226 e. The van der Waals surface area contributed by atoms with Crippen molar-refractivity contribution in [3.8, 4) is 0 Å². The largest absolute Gasteiger partial charge is 0.326 e. The van der Waals surface area contributed by atoms with Gasteiger partial charge in [0.05, 0.1) is 0 Å². The summed E-state index contributed by atoms with van der Waals surface area (Å²) in [7, 11) is 0. The maximum absolute atomic E-state index is 12.5. The molecule has 26 heavy (non-hydrogen) atoms. The SMILES string of the molecule is CC(=O)N(CCC(=O)Nc1ccccc1C(C)C)c1c(C)cccc1C. The van der Waals surface area contributed by atoms with E-state index in [0.29, 0.717) is 12.5 Å². The summed E-state index contributed by atoms with van der Waals surface area (Å²) in [5.41, 5.74) is 4.92. The molecule has 0 bridgehead atoms. The van der Waals surface area contributed by atoms with Crippen molar-refractivity contribution in [2.45, 2.75) is 47.0 Å². The van der Waals surface area contributed by atoms with Crippen LogP contribution in [0.3, 0.4) is 0 Å². The van der Waals surface area contributed by atoms with Crippen molar-refractivity contribution in [1.82, 2.24) is 0 Å². The number of aryl methyl sites for hydroxylation is 2. The van der Waals surface area contributed by atoms with Gasteiger partial charge in [-0.1, -0.05) is 50.2 Å². The summed E-state index contributed by atoms with van der Waals surface area (Å²) in [6.07, 6.45) is 0.250. The third kappa shape index (κ3) is 4.72. The van der Waals surface area contributed by atoms with Gasteiger partial charge >= 0.3 is 0 Å². The van der Waals surface area contributed by atoms with Gasteiger partial charge in [0.1, 0.15) is 0 Å². The average molecular weight is 352 g/mol. The Morgan fingerprint density at radius 2 is 1.62 bits per heavy atom. The fourth-order valence-corrected chi connectivity index (χ4v) is 3.20. The van der Waals surface area contributed by atoms with E-state index in [-0.39, 0.29) is 18.2 Å². The fourth-order valence-electron chi connectivity index (χ4n) is 3.20. The Hall–Kier alpha value is -2.62. The summed E-state index contributed by atoms with van der Waals surface area (Å²) < 4.78 is 0. The number of nitrogens with zero attached hydrogens (tertiary/aromatic N) is 1. The molecule has 2 amide bonds. The van der Waals surface area contributed by atoms with Crippen molar-refractivity contribution < 1.29 is 9.59 Å². The molecular formula is C22H28N2O2. The summed E-state index contributed by atoms with van der Waals surface area (Å²) >= 11 is 0. The minimum Gasteiger partial charge on any atom is -0.326 e. The molecule has 0 aliphatic heterocycles. The lowest BCUT2D eigenvalue weighted by atomic mass is 10.0. The molecule has 0 heterocycles. The number of carbonyl (C=O) groups is 2. The van der Waals surface area contributed by atoms with Crippen molar-refractivity contribution in [2.24, 2.45) is 0 Å². The molecule has 4 nitrogen and oxygen atoms in total. The summed E-state index contributed by atoms with van der Waals surface area (Å²) in [5, 5.41) is 2.99. The Bertz CT molecular complexity index is 776. The fraction of sp³-hybridized carbons (Fsp3) is 0.364. The van der Waals surface area contributed by atoms with E-state index in [9.17, 15) is 9.59 Å². The highest BCUT2D eigenvalue weighted by molar-refractivity contribution is 5.96. The molecule has 0 fully saturated rings. The van der Waals surface area contributed by atoms with Crippen LogP contribution in [0.1, 0.15) is 49.8 Å². The first-order chi connectivity index (χ1) is 12.3. The van der Waals surface area contributed by atoms with E-state index in [0.717, 1.165) is 28.1 Å². The van der Waals surface area contributed by atoms with Crippen molar-refractivity contribution in [2.75, 3.05) is 16.8 Å². The molecule has 0 saturated carbocycles. The smallest absolute Gasteiger partial charge is 0.226 e. The van der Waals surface area contributed by atoms with E-state index in [1.807, 2.05) is 56.3 Å². The van der Waals surface area contributed by atoms with Gasteiger partial charge in [-0.25, -0.2) is 0 Å². The highest BCUT2D eigenvalue weighted by Crippen LogP contribution is 2.26. The Morgan fingerprint density at radius 1 is 1.00 bits per heavy atom. The van der Waals surface area contributed by atoms with Crippen LogP contribution in [0.4, 0.5) is 11.4 Å². The second kappa shape index (κ2) is 8.65. The van der Waals surface area contributed by atoms with Gasteiger partial charge in [-0.2, -0.15) is 0 Å². The molecular weight excluding hydrogens is 324 g/mol. The molecule has 0 unspecified atom stereocenters. The maximum atomic E-state index is 12.5. The molecule has 0 aliphatic rings. The van der Waals surface area contributed by atoms with Crippen molar-refractivity contribution >= 4 is 23.2 Å². The molecule has 0 spiro atoms. The number of para-hydroxylation sites is 2. The van der Waals surface area contributed by atoms with Crippen LogP contribution in [0.5, 0.6) is 0 Å². The molecule has 2 rings (SSSR count). The van der Waals surface area contributed by atoms with Crippen LogP contribution in [0, 0.1) is 13.8 Å². The molecule has 1 N–H and O–H groups in total. The van der Waals surface area contributed by atoms with Gasteiger partial charge in [-0.05, 0) is 42.5 Å². The molecule has 0 saturated heterocycles. The third-order valence-corrected chi connectivity index (χ3v) is 4.51. The van der Waals surface area contributed by atoms with Crippen molar-refractivity contribution in [3.05, 3.63) is 59.2 Å². The summed E-state index contributed by atoms with van der Waals surface area (Å²) in [6.45, 7) is 10.1. The summed E-state index contributed by atoms with van der Waals surface area (Å²) in [5.74, 6) is 0.184. The first-order valence-corrected chi connectivity index (χ1v) is 9.04. The van der Waals surface area contributed by atoms with E-state index in [1.165, 1.54) is 6.92 Å². The monoisotopic (exact) mass is 352 g/mol. The Kier molecular flexibility index (Phi) is 6.56. The number of nitrogens with one attached hydrogen (secondary N) is 1. The van der Waals surface area contributed by atoms with Crippen LogP contribution in [0.25, 0.3) is 0 Å². The molecule has 0 atom stereocenters. The third-order valence-electron chi connectivity index (χ3n) is 4.51. The van der Waals surface area contributed by atoms with Gasteiger partial charge in [-0.3, -0.25) is 9.59 Å². The molecule has 0 aliphatic carbocycles. The summed E-state index contributed by atoms with van der Waals surface area (Å²) in [4.78, 5) is 26.3. The number of amides is 2. The topological polar surface area (TPSA) is 49.4 Å². The van der Waals surface area contributed by atoms with E-state index >= 15 is 0 Å². The Morgan fingerprint density at radius 3 is 2.19 bits per heavy atom. The number of benzene rings is 2. The minimum absolute atomic E-state index is 0.0576. The van der Waals surface area contributed by atoms with Gasteiger partial charge in [0.25, 0.3) is 0 Å². The zero-order valence-electron chi connectivity index (χ0n) is 16.3. The number of anilines is 2. The molecule has 0 radical (unpaired) electrons. The lowest BCUT2D eigenvalue weighted by Crippen LogP contribution is -2.33. The van der Waals surface area contributed by atoms with Gasteiger partial charge in [0.15, 0.2) is 0 Å². The van der Waals surface area contributed by atoms with E-state index in [1.54, 1.807) is 4.90 Å². The van der Waals surface area contributed by atoms with Crippen LogP contribution in [0.15, 0.2) is 42.5 Å². The van der Waals surface area contributed by atoms with Gasteiger partial charge in [0.2, 0.25) is 11.8 Å². The normalized spacial score (nSPS) is 10.7. The lowest BCUT2D eigenvalue weighted by molar-refractivity contribution is -0.117. The highest BCUT2D eigenvalue weighted by Gasteiger charge is 2.18. The van der Waals surface area contributed by atoms with Gasteiger partial charge in [-0.15, -0.1) is 0 Å². The number of carbonyl (C=O) groups excluding carboxylic acids is 2. The second-order valence-corrected chi connectivity index (χ2v) is 6.95. The standard InChI is InChI=1S/C22H28N2O2/c1-15(2)19-11-6-7-12-20(19)23-21(26)13-14-24(18(5)25)22-16(3)9-8-10-17(22)4/h6-12,15H,13-14H2,1-5H3,(H,23,26). The van der Waals surface area contributed by atoms with Crippen LogP contribution >= 0.6 is 0 Å². The molecule has 0 aromatic heterocycles. The predicted octanol–water partition coefficient (Wildman–Crippen LogP) is 4.81. The molecule has 138 valence electrons. The van der Waals surface area contributed by atoms with E-state index in [4.69, 9.17) is 0 Å².